The van der Waals surface area contributed by atoms with Crippen molar-refractivity contribution in [2.24, 2.45) is 7.05 Å². The fourth-order valence-corrected chi connectivity index (χ4v) is 3.68. The predicted molar refractivity (Wildman–Crippen MR) is 116 cm³/mol. The van der Waals surface area contributed by atoms with Crippen molar-refractivity contribution in [2.45, 2.75) is 32.7 Å². The van der Waals surface area contributed by atoms with Crippen molar-refractivity contribution in [1.82, 2.24) is 19.1 Å². The lowest BCUT2D eigenvalue weighted by atomic mass is 10.1. The second-order valence-electron chi connectivity index (χ2n) is 7.46. The molecule has 0 aliphatic carbocycles. The normalized spacial score (nSPS) is 13.7. The Bertz CT molecular complexity index is 1310. The van der Waals surface area contributed by atoms with Crippen LogP contribution in [0.5, 0.6) is 11.8 Å². The molecule has 1 aliphatic rings. The van der Waals surface area contributed by atoms with Crippen molar-refractivity contribution in [2.75, 3.05) is 18.0 Å². The monoisotopic (exact) mass is 439 g/mol. The van der Waals surface area contributed by atoms with Crippen molar-refractivity contribution in [3.63, 3.8) is 0 Å². The Labute approximate surface area is 183 Å². The van der Waals surface area contributed by atoms with E-state index in [1.54, 1.807) is 11.5 Å². The van der Waals surface area contributed by atoms with Crippen LogP contribution in [0.15, 0.2) is 23.0 Å². The van der Waals surface area contributed by atoms with Crippen molar-refractivity contribution in [1.29, 1.82) is 0 Å². The SMILES string of the molecule is CC#CCn1c(N2CCCCC2)nc2nc(Oc3ccc(C(=O)O)cc3F)n(C)c(=O)c21. The molecule has 3 aromatic rings. The number of imidazole rings is 1. The molecule has 0 atom stereocenters. The van der Waals surface area contributed by atoms with Crippen LogP contribution in [0.3, 0.4) is 0 Å². The molecule has 166 valence electrons. The highest BCUT2D eigenvalue weighted by Crippen LogP contribution is 2.27. The predicted octanol–water partition coefficient (Wildman–Crippen LogP) is 2.77. The van der Waals surface area contributed by atoms with E-state index in [1.807, 2.05) is 0 Å². The summed E-state index contributed by atoms with van der Waals surface area (Å²) >= 11 is 0. The first-order chi connectivity index (χ1) is 15.4. The lowest BCUT2D eigenvalue weighted by Gasteiger charge is -2.27. The lowest BCUT2D eigenvalue weighted by Crippen LogP contribution is -2.32. The first-order valence-electron chi connectivity index (χ1n) is 10.2. The maximum Gasteiger partial charge on any atom is 0.335 e. The third-order valence-corrected chi connectivity index (χ3v) is 5.36. The van der Waals surface area contributed by atoms with E-state index in [1.165, 1.54) is 23.7 Å². The van der Waals surface area contributed by atoms with Gasteiger partial charge in [-0.1, -0.05) is 5.92 Å². The molecule has 2 aromatic heterocycles. The van der Waals surface area contributed by atoms with Crippen LogP contribution in [0.4, 0.5) is 10.3 Å². The van der Waals surface area contributed by atoms with Gasteiger partial charge in [0.25, 0.3) is 5.56 Å². The Kier molecular flexibility index (Phi) is 5.81. The van der Waals surface area contributed by atoms with Gasteiger partial charge in [-0.05, 0) is 44.4 Å². The Morgan fingerprint density at radius 3 is 2.66 bits per heavy atom. The third-order valence-electron chi connectivity index (χ3n) is 5.36. The minimum Gasteiger partial charge on any atom is -0.478 e. The molecule has 1 aromatic carbocycles. The van der Waals surface area contributed by atoms with E-state index in [4.69, 9.17) is 9.84 Å². The second-order valence-corrected chi connectivity index (χ2v) is 7.46. The summed E-state index contributed by atoms with van der Waals surface area (Å²) in [5.74, 6) is 4.08. The number of ether oxygens (including phenoxy) is 1. The average Bonchev–Trinajstić information content (AvgIpc) is 3.15. The number of nitrogens with zero attached hydrogens (tertiary/aromatic N) is 5. The molecule has 1 N–H and O–H groups in total. The fourth-order valence-electron chi connectivity index (χ4n) is 3.68. The zero-order chi connectivity index (χ0) is 22.8. The Morgan fingerprint density at radius 1 is 1.25 bits per heavy atom. The van der Waals surface area contributed by atoms with Gasteiger partial charge < -0.3 is 14.7 Å². The summed E-state index contributed by atoms with van der Waals surface area (Å²) in [6.07, 6.45) is 3.22. The molecule has 1 aliphatic heterocycles. The summed E-state index contributed by atoms with van der Waals surface area (Å²) in [4.78, 5) is 35.3. The number of carbonyl (C=O) groups is 1. The molecule has 0 unspecified atom stereocenters. The number of piperidine rings is 1. The summed E-state index contributed by atoms with van der Waals surface area (Å²) in [5, 5.41) is 9.00. The van der Waals surface area contributed by atoms with E-state index in [0.29, 0.717) is 18.0 Å². The summed E-state index contributed by atoms with van der Waals surface area (Å²) in [7, 11) is 1.47. The van der Waals surface area contributed by atoms with Crippen molar-refractivity contribution >= 4 is 23.1 Å². The Balaban J connectivity index is 1.80. The third kappa shape index (κ3) is 3.89. The molecule has 10 heteroatoms. The summed E-state index contributed by atoms with van der Waals surface area (Å²) < 4.78 is 22.8. The number of halogens is 1. The van der Waals surface area contributed by atoms with Crippen LogP contribution in [-0.4, -0.2) is 43.3 Å². The highest BCUT2D eigenvalue weighted by molar-refractivity contribution is 5.87. The largest absolute Gasteiger partial charge is 0.478 e. The first-order valence-corrected chi connectivity index (χ1v) is 10.2. The molecule has 4 rings (SSSR count). The zero-order valence-corrected chi connectivity index (χ0v) is 17.8. The van der Waals surface area contributed by atoms with Gasteiger partial charge in [0.2, 0.25) is 5.95 Å². The first kappa shape index (κ1) is 21.4. The average molecular weight is 439 g/mol. The molecule has 1 fully saturated rings. The number of fused-ring (bicyclic) bond motifs is 1. The van der Waals surface area contributed by atoms with E-state index < -0.39 is 17.3 Å². The maximum atomic E-state index is 14.3. The summed E-state index contributed by atoms with van der Waals surface area (Å²) in [6.45, 7) is 3.68. The topological polar surface area (TPSA) is 102 Å². The number of rotatable bonds is 5. The number of hydrogen-bond donors (Lipinski definition) is 1. The summed E-state index contributed by atoms with van der Waals surface area (Å²) in [6, 6.07) is 3.09. The lowest BCUT2D eigenvalue weighted by molar-refractivity contribution is 0.0696. The number of aromatic nitrogens is 4. The number of carboxylic acids is 1. The minimum absolute atomic E-state index is 0.152. The molecule has 0 amide bonds. The molecule has 0 bridgehead atoms. The molecule has 9 nitrogen and oxygen atoms in total. The molecule has 0 saturated carbocycles. The number of carboxylic acid groups (broad SMARTS) is 1. The van der Waals surface area contributed by atoms with Gasteiger partial charge in [-0.3, -0.25) is 13.9 Å². The smallest absolute Gasteiger partial charge is 0.335 e. The van der Waals surface area contributed by atoms with Crippen LogP contribution in [0.1, 0.15) is 36.5 Å². The molecule has 1 saturated heterocycles. The van der Waals surface area contributed by atoms with Crippen LogP contribution >= 0.6 is 0 Å². The molecule has 0 spiro atoms. The number of benzene rings is 1. The van der Waals surface area contributed by atoms with Gasteiger partial charge in [-0.25, -0.2) is 9.18 Å². The Hall–Kier alpha value is -3.87. The zero-order valence-electron chi connectivity index (χ0n) is 17.8. The maximum absolute atomic E-state index is 14.3. The van der Waals surface area contributed by atoms with E-state index in [0.717, 1.165) is 38.4 Å². The summed E-state index contributed by atoms with van der Waals surface area (Å²) in [5.41, 5.74) is -0.135. The molecule has 32 heavy (non-hydrogen) atoms. The van der Waals surface area contributed by atoms with Gasteiger partial charge in [-0.15, -0.1) is 5.92 Å². The highest BCUT2D eigenvalue weighted by atomic mass is 19.1. The highest BCUT2D eigenvalue weighted by Gasteiger charge is 2.24. The standard InChI is InChI=1S/C22H22FN5O4/c1-3-4-12-28-17-18(24-21(28)27-10-6-5-7-11-27)25-22(26(2)19(17)29)32-16-9-8-14(20(30)31)13-15(16)23/h8-9,13H,5-7,10-12H2,1-2H3,(H,30,31). The van der Waals surface area contributed by atoms with Crippen LogP contribution < -0.4 is 15.2 Å². The molecule has 0 radical (unpaired) electrons. The van der Waals surface area contributed by atoms with Crippen molar-refractivity contribution in [3.05, 3.63) is 39.9 Å². The van der Waals surface area contributed by atoms with E-state index >= 15 is 0 Å². The minimum atomic E-state index is -1.26. The van der Waals surface area contributed by atoms with E-state index in [2.05, 4.69) is 26.7 Å². The molecular weight excluding hydrogens is 417 g/mol. The number of hydrogen-bond acceptors (Lipinski definition) is 6. The van der Waals surface area contributed by atoms with Crippen molar-refractivity contribution < 1.29 is 19.0 Å². The van der Waals surface area contributed by atoms with Gasteiger partial charge in [-0.2, -0.15) is 9.97 Å². The molecule has 3 heterocycles. The van der Waals surface area contributed by atoms with Gasteiger partial charge in [0, 0.05) is 20.1 Å². The Morgan fingerprint density at radius 2 is 2.00 bits per heavy atom. The van der Waals surface area contributed by atoms with Crippen LogP contribution in [-0.2, 0) is 13.6 Å². The van der Waals surface area contributed by atoms with Gasteiger partial charge >= 0.3 is 12.0 Å². The fraction of sp³-hybridized carbons (Fsp3) is 0.364. The van der Waals surface area contributed by atoms with Gasteiger partial charge in [0.15, 0.2) is 22.7 Å². The number of anilines is 1. The van der Waals surface area contributed by atoms with Crippen molar-refractivity contribution in [3.8, 4) is 23.6 Å². The second kappa shape index (κ2) is 8.70. The number of aromatic carboxylic acids is 1. The van der Waals surface area contributed by atoms with Crippen LogP contribution in [0.25, 0.3) is 11.2 Å². The molecular formula is C22H22FN5O4. The quantitative estimate of drug-likeness (QED) is 0.610. The van der Waals surface area contributed by atoms with Gasteiger partial charge in [0.1, 0.15) is 0 Å². The van der Waals surface area contributed by atoms with Crippen LogP contribution in [0, 0.1) is 17.7 Å². The van der Waals surface area contributed by atoms with E-state index in [-0.39, 0.29) is 23.0 Å². The van der Waals surface area contributed by atoms with E-state index in [9.17, 15) is 14.0 Å². The van der Waals surface area contributed by atoms with Gasteiger partial charge in [0.05, 0.1) is 12.1 Å². The van der Waals surface area contributed by atoms with Crippen LogP contribution in [0.2, 0.25) is 0 Å².